The molecule has 0 atom stereocenters. The van der Waals surface area contributed by atoms with Crippen LogP contribution in [-0.4, -0.2) is 36.7 Å². The van der Waals surface area contributed by atoms with Crippen molar-refractivity contribution in [2.24, 2.45) is 0 Å². The van der Waals surface area contributed by atoms with E-state index in [-0.39, 0.29) is 29.6 Å². The van der Waals surface area contributed by atoms with E-state index in [0.29, 0.717) is 13.5 Å². The number of hydrogen-bond acceptors (Lipinski definition) is 6. The van der Waals surface area contributed by atoms with Crippen LogP contribution in [0.1, 0.15) is 43.5 Å². The van der Waals surface area contributed by atoms with Gasteiger partial charge in [-0.2, -0.15) is 26.3 Å². The molecule has 1 radical (unpaired) electrons. The third kappa shape index (κ3) is 9.33. The zero-order valence-electron chi connectivity index (χ0n) is 26.3. The fourth-order valence-corrected chi connectivity index (χ4v) is 5.33. The van der Waals surface area contributed by atoms with Crippen LogP contribution < -0.4 is 19.3 Å². The first-order chi connectivity index (χ1) is 22.6. The summed E-state index contributed by atoms with van der Waals surface area (Å²) in [5.41, 5.74) is 7.22. The Morgan fingerprint density at radius 2 is 1.08 bits per heavy atom. The molecule has 0 saturated heterocycles. The number of para-hydroxylation sites is 2. The van der Waals surface area contributed by atoms with Crippen LogP contribution in [0.25, 0.3) is 0 Å². The standard InChI is InChI=1S/C31H30N2O2.C5H2F6O2.CH4.Co/c1-31(2,25-13-15-29-23(17-25)19-32(21-34-29)27-9-5-3-6-10-27)26-14-16-30-24(18-26)20-33(22-35-30)28-11-7-4-8-12-28;6-4(7,8)2(12)1-3(13)5(9,10)11;;/h3-18H,19-22H2,1-2H3;1,12H;1H4;/b;2-1-;;. The number of ether oxygens (including phenoxy) is 2. The van der Waals surface area contributed by atoms with Crippen LogP contribution in [0.15, 0.2) is 109 Å². The number of carbonyl (C=O) groups excluding carboxylic acids is 1. The first-order valence-corrected chi connectivity index (χ1v) is 14.8. The Balaban J connectivity index is 0.000000389. The number of ketones is 1. The molecule has 6 rings (SSSR count). The second-order valence-corrected chi connectivity index (χ2v) is 11.8. The van der Waals surface area contributed by atoms with Crippen molar-refractivity contribution in [2.45, 2.75) is 52.1 Å². The summed E-state index contributed by atoms with van der Waals surface area (Å²) in [5.74, 6) is -3.37. The normalized spacial score (nSPS) is 14.3. The summed E-state index contributed by atoms with van der Waals surface area (Å²) in [7, 11) is 0. The second kappa shape index (κ2) is 15.9. The van der Waals surface area contributed by atoms with E-state index in [0.717, 1.165) is 24.6 Å². The average Bonchev–Trinajstić information content (AvgIpc) is 3.07. The predicted molar refractivity (Wildman–Crippen MR) is 176 cm³/mol. The van der Waals surface area contributed by atoms with Crippen molar-refractivity contribution >= 4 is 17.2 Å². The van der Waals surface area contributed by atoms with Crippen LogP contribution in [0.4, 0.5) is 37.7 Å². The van der Waals surface area contributed by atoms with E-state index < -0.39 is 30.0 Å². The number of anilines is 2. The molecule has 2 heterocycles. The number of halogens is 6. The minimum absolute atomic E-state index is 0. The molecule has 0 amide bonds. The molecule has 13 heteroatoms. The Morgan fingerprint density at radius 1 is 0.680 bits per heavy atom. The quantitative estimate of drug-likeness (QED) is 0.125. The summed E-state index contributed by atoms with van der Waals surface area (Å²) in [6, 6.07) is 34.2. The van der Waals surface area contributed by atoms with Gasteiger partial charge in [0.05, 0.1) is 0 Å². The average molecular weight is 746 g/mol. The number of carbonyl (C=O) groups is 1. The largest absolute Gasteiger partial charge is 0.504 e. The minimum atomic E-state index is -5.42. The Morgan fingerprint density at radius 3 is 1.44 bits per heavy atom. The van der Waals surface area contributed by atoms with Crippen LogP contribution in [0.3, 0.4) is 0 Å². The van der Waals surface area contributed by atoms with Crippen LogP contribution in [0.2, 0.25) is 0 Å². The predicted octanol–water partition coefficient (Wildman–Crippen LogP) is 9.48. The summed E-state index contributed by atoms with van der Waals surface area (Å²) in [6.45, 7) is 7.42. The van der Waals surface area contributed by atoms with Crippen molar-refractivity contribution in [1.82, 2.24) is 0 Å². The molecular weight excluding hydrogens is 709 g/mol. The van der Waals surface area contributed by atoms with E-state index in [2.05, 4.69) is 109 Å². The molecule has 0 unspecified atom stereocenters. The third-order valence-corrected chi connectivity index (χ3v) is 8.12. The van der Waals surface area contributed by atoms with E-state index in [1.807, 2.05) is 12.1 Å². The molecule has 2 aliphatic heterocycles. The summed E-state index contributed by atoms with van der Waals surface area (Å²) in [6.07, 6.45) is -11.7. The molecule has 0 fully saturated rings. The third-order valence-electron chi connectivity index (χ3n) is 8.12. The number of rotatable bonds is 5. The topological polar surface area (TPSA) is 62.2 Å². The van der Waals surface area contributed by atoms with Gasteiger partial charge in [0.2, 0.25) is 5.76 Å². The van der Waals surface area contributed by atoms with Gasteiger partial charge >= 0.3 is 12.4 Å². The van der Waals surface area contributed by atoms with Gasteiger partial charge in [-0.15, -0.1) is 0 Å². The number of benzene rings is 4. The van der Waals surface area contributed by atoms with Crippen LogP contribution >= 0.6 is 0 Å². The maximum absolute atomic E-state index is 11.4. The fraction of sp³-hybridized carbons (Fsp3) is 0.270. The number of hydrogen-bond donors (Lipinski definition) is 1. The fourth-order valence-electron chi connectivity index (χ4n) is 5.33. The molecule has 0 aliphatic carbocycles. The molecule has 0 aromatic heterocycles. The number of aliphatic hydroxyl groups is 1. The molecule has 50 heavy (non-hydrogen) atoms. The molecule has 0 saturated carbocycles. The molecule has 0 bridgehead atoms. The SMILES string of the molecule is C.CC(C)(c1ccc2c(c1)CN(c1ccccc1)CO2)c1ccc2c(c1)CN(c1ccccc1)CO2.O=C(/C=C(\O)C(F)(F)F)C(F)(F)F.[Co]. The maximum atomic E-state index is 11.4. The van der Waals surface area contributed by atoms with Gasteiger partial charge in [-0.1, -0.05) is 69.8 Å². The van der Waals surface area contributed by atoms with Crippen molar-refractivity contribution < 1.29 is 62.5 Å². The van der Waals surface area contributed by atoms with E-state index in [1.54, 1.807) is 0 Å². The Labute approximate surface area is 297 Å². The first-order valence-electron chi connectivity index (χ1n) is 14.8. The first kappa shape index (κ1) is 39.8. The minimum Gasteiger partial charge on any atom is -0.504 e. The number of alkyl halides is 6. The van der Waals surface area contributed by atoms with Gasteiger partial charge in [0, 0.05) is 63.9 Å². The van der Waals surface area contributed by atoms with Gasteiger partial charge in [0.1, 0.15) is 11.5 Å². The number of allylic oxidation sites excluding steroid dienone is 2. The Hall–Kier alpha value is -4.62. The molecular formula is C37H36CoF6N2O4. The zero-order valence-corrected chi connectivity index (χ0v) is 27.4. The molecule has 2 aliphatic rings. The van der Waals surface area contributed by atoms with Crippen LogP contribution in [0, 0.1) is 0 Å². The number of nitrogens with zero attached hydrogens (tertiary/aromatic N) is 2. The maximum Gasteiger partial charge on any atom is 0.454 e. The van der Waals surface area contributed by atoms with Gasteiger partial charge in [0.15, 0.2) is 13.5 Å². The summed E-state index contributed by atoms with van der Waals surface area (Å²) in [5, 5.41) is 7.93. The van der Waals surface area contributed by atoms with Gasteiger partial charge in [-0.25, -0.2) is 0 Å². The molecule has 269 valence electrons. The molecule has 0 spiro atoms. The van der Waals surface area contributed by atoms with Gasteiger partial charge < -0.3 is 24.4 Å². The second-order valence-electron chi connectivity index (χ2n) is 11.8. The number of fused-ring (bicyclic) bond motifs is 2. The van der Waals surface area contributed by atoms with Crippen molar-refractivity contribution in [2.75, 3.05) is 23.3 Å². The zero-order chi connectivity index (χ0) is 34.7. The van der Waals surface area contributed by atoms with Gasteiger partial charge in [-0.3, -0.25) is 4.79 Å². The van der Waals surface area contributed by atoms with Crippen molar-refractivity contribution in [3.8, 4) is 11.5 Å². The number of aliphatic hydroxyl groups excluding tert-OH is 1. The van der Waals surface area contributed by atoms with Gasteiger partial charge in [-0.05, 0) is 59.7 Å². The summed E-state index contributed by atoms with van der Waals surface area (Å²) in [4.78, 5) is 14.4. The smallest absolute Gasteiger partial charge is 0.454 e. The molecule has 6 nitrogen and oxygen atoms in total. The van der Waals surface area contributed by atoms with Crippen molar-refractivity contribution in [3.63, 3.8) is 0 Å². The molecule has 1 N–H and O–H groups in total. The van der Waals surface area contributed by atoms with Crippen LogP contribution in [0.5, 0.6) is 11.5 Å². The van der Waals surface area contributed by atoms with Crippen molar-refractivity contribution in [1.29, 1.82) is 0 Å². The Bertz CT molecular complexity index is 1680. The summed E-state index contributed by atoms with van der Waals surface area (Å²) < 4.78 is 80.2. The van der Waals surface area contributed by atoms with Gasteiger partial charge in [0.25, 0.3) is 5.78 Å². The van der Waals surface area contributed by atoms with E-state index in [1.165, 1.54) is 33.6 Å². The van der Waals surface area contributed by atoms with Crippen molar-refractivity contribution in [3.05, 3.63) is 131 Å². The van der Waals surface area contributed by atoms with E-state index in [9.17, 15) is 31.1 Å². The van der Waals surface area contributed by atoms with E-state index in [4.69, 9.17) is 14.6 Å². The Kier molecular flexibility index (Phi) is 12.7. The monoisotopic (exact) mass is 745 g/mol. The molecule has 4 aromatic carbocycles. The van der Waals surface area contributed by atoms with Crippen LogP contribution in [-0.2, 0) is 40.1 Å². The molecule has 4 aromatic rings. The summed E-state index contributed by atoms with van der Waals surface area (Å²) >= 11 is 0. The van der Waals surface area contributed by atoms with E-state index >= 15 is 0 Å².